The van der Waals surface area contributed by atoms with Crippen LogP contribution in [-0.4, -0.2) is 26.4 Å². The van der Waals surface area contributed by atoms with Crippen LogP contribution in [0.15, 0.2) is 0 Å². The van der Waals surface area contributed by atoms with E-state index in [1.54, 1.807) is 0 Å². The molecule has 2 rings (SSSR count). The molecule has 2 heterocycles. The Hall–Kier alpha value is 0.260. The van der Waals surface area contributed by atoms with Gasteiger partial charge in [0.2, 0.25) is 0 Å². The number of hydrogen-bond acceptors (Lipinski definition) is 7. The molecule has 2 fully saturated rings. The van der Waals surface area contributed by atoms with Crippen LogP contribution in [0, 0.1) is 0 Å². The van der Waals surface area contributed by atoms with Gasteiger partial charge in [-0.05, 0) is 12.8 Å². The third kappa shape index (κ3) is 3.11. The van der Waals surface area contributed by atoms with E-state index in [9.17, 15) is 9.13 Å². The quantitative estimate of drug-likeness (QED) is 0.701. The molecular weight excluding hydrogens is 246 g/mol. The Kier molecular flexibility index (Phi) is 3.63. The van der Waals surface area contributed by atoms with Crippen LogP contribution in [0.4, 0.5) is 0 Å². The van der Waals surface area contributed by atoms with E-state index < -0.39 is 15.6 Å². The largest absolute Gasteiger partial charge is 0.483 e. The van der Waals surface area contributed by atoms with Crippen molar-refractivity contribution in [1.82, 2.24) is 0 Å². The molecular formula is C6H12O7P2. The van der Waals surface area contributed by atoms with Crippen molar-refractivity contribution in [2.45, 2.75) is 12.8 Å². The normalized spacial score (nSPS) is 29.9. The van der Waals surface area contributed by atoms with E-state index in [2.05, 4.69) is 0 Å². The summed E-state index contributed by atoms with van der Waals surface area (Å²) in [5.41, 5.74) is 0. The first-order valence-electron chi connectivity index (χ1n) is 4.62. The summed E-state index contributed by atoms with van der Waals surface area (Å²) < 4.78 is 47.4. The number of rotatable bonds is 2. The van der Waals surface area contributed by atoms with Crippen LogP contribution in [0.5, 0.6) is 0 Å². The van der Waals surface area contributed by atoms with Gasteiger partial charge in [0.1, 0.15) is 0 Å². The van der Waals surface area contributed by atoms with Crippen molar-refractivity contribution in [1.29, 1.82) is 0 Å². The van der Waals surface area contributed by atoms with Gasteiger partial charge in [-0.2, -0.15) is 4.31 Å². The molecule has 0 aromatic rings. The zero-order chi connectivity index (χ0) is 10.8. The molecule has 7 nitrogen and oxygen atoms in total. The van der Waals surface area contributed by atoms with E-state index in [1.165, 1.54) is 0 Å². The second-order valence-electron chi connectivity index (χ2n) is 3.02. The van der Waals surface area contributed by atoms with Crippen molar-refractivity contribution in [2.24, 2.45) is 0 Å². The third-order valence-corrected chi connectivity index (χ3v) is 5.37. The first kappa shape index (κ1) is 11.7. The predicted octanol–water partition coefficient (Wildman–Crippen LogP) is 2.09. The minimum Gasteiger partial charge on any atom is -0.286 e. The summed E-state index contributed by atoms with van der Waals surface area (Å²) in [4.78, 5) is 0. The Balaban J connectivity index is 1.99. The smallest absolute Gasteiger partial charge is 0.286 e. The maximum Gasteiger partial charge on any atom is 0.483 e. The van der Waals surface area contributed by atoms with Crippen molar-refractivity contribution < 1.29 is 31.5 Å². The first-order chi connectivity index (χ1) is 7.12. The lowest BCUT2D eigenvalue weighted by molar-refractivity contribution is 0.0653. The molecule has 0 aromatic carbocycles. The van der Waals surface area contributed by atoms with Crippen molar-refractivity contribution >= 4 is 15.6 Å². The number of hydrogen-bond donors (Lipinski definition) is 0. The standard InChI is InChI=1S/C6H12O7P2/c7-14(9-3-1-4-10-14)13-15(8)11-5-2-6-12-15/h1-6H2. The summed E-state index contributed by atoms with van der Waals surface area (Å²) in [5.74, 6) is 0. The predicted molar refractivity (Wildman–Crippen MR) is 49.3 cm³/mol. The van der Waals surface area contributed by atoms with Gasteiger partial charge in [0.15, 0.2) is 0 Å². The lowest BCUT2D eigenvalue weighted by atomic mass is 10.5. The molecule has 0 unspecified atom stereocenters. The van der Waals surface area contributed by atoms with Crippen LogP contribution in [0.25, 0.3) is 0 Å². The van der Waals surface area contributed by atoms with Crippen LogP contribution < -0.4 is 0 Å². The topological polar surface area (TPSA) is 80.3 Å². The van der Waals surface area contributed by atoms with Gasteiger partial charge in [0, 0.05) is 0 Å². The minimum atomic E-state index is -3.76. The second kappa shape index (κ2) is 4.63. The van der Waals surface area contributed by atoms with Gasteiger partial charge in [-0.1, -0.05) is 0 Å². The Bertz CT molecular complexity index is 267. The highest BCUT2D eigenvalue weighted by atomic mass is 31.3. The van der Waals surface area contributed by atoms with E-state index in [-0.39, 0.29) is 26.4 Å². The zero-order valence-electron chi connectivity index (χ0n) is 7.99. The van der Waals surface area contributed by atoms with Crippen LogP contribution >= 0.6 is 15.6 Å². The van der Waals surface area contributed by atoms with Gasteiger partial charge < -0.3 is 0 Å². The number of phosphoric ester groups is 2. The molecule has 0 saturated carbocycles. The van der Waals surface area contributed by atoms with E-state index >= 15 is 0 Å². The molecule has 2 saturated heterocycles. The Morgan fingerprint density at radius 2 is 1.07 bits per heavy atom. The average Bonchev–Trinajstić information content (AvgIpc) is 2.18. The second-order valence-corrected chi connectivity index (χ2v) is 6.49. The fraction of sp³-hybridized carbons (Fsp3) is 1.00. The average molecular weight is 258 g/mol. The van der Waals surface area contributed by atoms with E-state index in [1.807, 2.05) is 0 Å². The number of phosphoric acid groups is 2. The molecule has 15 heavy (non-hydrogen) atoms. The van der Waals surface area contributed by atoms with Gasteiger partial charge in [0.05, 0.1) is 26.4 Å². The van der Waals surface area contributed by atoms with Gasteiger partial charge in [0.25, 0.3) is 0 Å². The first-order valence-corrected chi connectivity index (χ1v) is 7.54. The Morgan fingerprint density at radius 3 is 1.40 bits per heavy atom. The van der Waals surface area contributed by atoms with E-state index in [0.717, 1.165) is 0 Å². The monoisotopic (exact) mass is 258 g/mol. The van der Waals surface area contributed by atoms with Crippen LogP contribution in [0.2, 0.25) is 0 Å². The Labute approximate surface area is 87.2 Å². The molecule has 0 aromatic heterocycles. The lowest BCUT2D eigenvalue weighted by Crippen LogP contribution is -2.14. The molecule has 2 aliphatic heterocycles. The van der Waals surface area contributed by atoms with E-state index in [4.69, 9.17) is 22.4 Å². The summed E-state index contributed by atoms with van der Waals surface area (Å²) in [6, 6.07) is 0. The summed E-state index contributed by atoms with van der Waals surface area (Å²) in [7, 11) is -7.52. The van der Waals surface area contributed by atoms with E-state index in [0.29, 0.717) is 12.8 Å². The molecule has 0 radical (unpaired) electrons. The van der Waals surface area contributed by atoms with Crippen LogP contribution in [0.3, 0.4) is 0 Å². The van der Waals surface area contributed by atoms with Crippen molar-refractivity contribution in [2.75, 3.05) is 26.4 Å². The Morgan fingerprint density at radius 1 is 0.733 bits per heavy atom. The summed E-state index contributed by atoms with van der Waals surface area (Å²) in [6.07, 6.45) is 1.25. The fourth-order valence-corrected chi connectivity index (χ4v) is 4.41. The van der Waals surface area contributed by atoms with Gasteiger partial charge in [-0.3, -0.25) is 18.1 Å². The molecule has 0 N–H and O–H groups in total. The minimum absolute atomic E-state index is 0.247. The maximum atomic E-state index is 11.7. The molecule has 9 heteroatoms. The summed E-state index contributed by atoms with van der Waals surface area (Å²) >= 11 is 0. The van der Waals surface area contributed by atoms with Gasteiger partial charge >= 0.3 is 15.6 Å². The lowest BCUT2D eigenvalue weighted by Gasteiger charge is -2.27. The third-order valence-electron chi connectivity index (χ3n) is 1.77. The van der Waals surface area contributed by atoms with Gasteiger partial charge in [-0.25, -0.2) is 9.13 Å². The summed E-state index contributed by atoms with van der Waals surface area (Å²) in [6.45, 7) is 0.989. The molecule has 2 aliphatic rings. The van der Waals surface area contributed by atoms with Crippen LogP contribution in [-0.2, 0) is 31.5 Å². The molecule has 0 spiro atoms. The van der Waals surface area contributed by atoms with Crippen molar-refractivity contribution in [3.05, 3.63) is 0 Å². The SMILES string of the molecule is O=P1(OP2(=O)OCCCO2)OCCCO1. The van der Waals surface area contributed by atoms with Crippen molar-refractivity contribution in [3.8, 4) is 0 Å². The highest BCUT2D eigenvalue weighted by molar-refractivity contribution is 7.62. The molecule has 0 amide bonds. The fourth-order valence-electron chi connectivity index (χ4n) is 1.11. The molecule has 0 aliphatic carbocycles. The van der Waals surface area contributed by atoms with Gasteiger partial charge in [-0.15, -0.1) is 0 Å². The molecule has 0 bridgehead atoms. The zero-order valence-corrected chi connectivity index (χ0v) is 9.78. The van der Waals surface area contributed by atoms with Crippen molar-refractivity contribution in [3.63, 3.8) is 0 Å². The highest BCUT2D eigenvalue weighted by Crippen LogP contribution is 2.67. The molecule has 0 atom stereocenters. The van der Waals surface area contributed by atoms with Crippen LogP contribution in [0.1, 0.15) is 12.8 Å². The summed E-state index contributed by atoms with van der Waals surface area (Å²) in [5, 5.41) is 0. The molecule has 88 valence electrons. The maximum absolute atomic E-state index is 11.7. The highest BCUT2D eigenvalue weighted by Gasteiger charge is 2.43.